The average Bonchev–Trinajstić information content (AvgIpc) is 2.99. The Kier molecular flexibility index (Phi) is 4.50. The van der Waals surface area contributed by atoms with Gasteiger partial charge in [-0.1, -0.05) is 54.2 Å². The second kappa shape index (κ2) is 6.91. The maximum atomic E-state index is 9.44. The van der Waals surface area contributed by atoms with Crippen LogP contribution in [0.25, 0.3) is 0 Å². The second-order valence-corrected chi connectivity index (χ2v) is 5.51. The van der Waals surface area contributed by atoms with E-state index in [1.807, 2.05) is 24.3 Å². The molecule has 3 aromatic rings. The predicted molar refractivity (Wildman–Crippen MR) is 87.1 cm³/mol. The first kappa shape index (κ1) is 14.3. The molecule has 0 saturated heterocycles. The van der Waals surface area contributed by atoms with Crippen LogP contribution in [0, 0.1) is 0 Å². The monoisotopic (exact) mass is 310 g/mol. The molecule has 5 nitrogen and oxygen atoms in total. The molecule has 1 aromatic heterocycles. The van der Waals surface area contributed by atoms with E-state index in [4.69, 9.17) is 0 Å². The number of aromatic hydroxyl groups is 1. The molecule has 0 bridgehead atoms. The third-order valence-electron chi connectivity index (χ3n) is 2.91. The minimum absolute atomic E-state index is 0.214. The zero-order chi connectivity index (χ0) is 15.2. The first-order chi connectivity index (χ1) is 10.8. The van der Waals surface area contributed by atoms with Crippen LogP contribution in [0.3, 0.4) is 0 Å². The zero-order valence-electron chi connectivity index (χ0n) is 11.7. The first-order valence-corrected chi connectivity index (χ1v) is 7.70. The molecule has 0 aliphatic carbocycles. The fraction of sp³-hybridized carbons (Fsp3) is 0.0625. The Morgan fingerprint density at radius 1 is 1.14 bits per heavy atom. The van der Waals surface area contributed by atoms with Gasteiger partial charge in [0, 0.05) is 5.75 Å². The molecule has 1 N–H and O–H groups in total. The quantitative estimate of drug-likeness (QED) is 0.581. The van der Waals surface area contributed by atoms with Crippen molar-refractivity contribution in [2.24, 2.45) is 5.10 Å². The van der Waals surface area contributed by atoms with Gasteiger partial charge in [0.15, 0.2) is 0 Å². The van der Waals surface area contributed by atoms with Crippen LogP contribution in [-0.4, -0.2) is 26.2 Å². The third kappa shape index (κ3) is 3.73. The van der Waals surface area contributed by atoms with E-state index in [9.17, 15) is 5.11 Å². The summed E-state index contributed by atoms with van der Waals surface area (Å²) >= 11 is 1.57. The van der Waals surface area contributed by atoms with Crippen molar-refractivity contribution in [2.75, 3.05) is 0 Å². The Morgan fingerprint density at radius 3 is 2.82 bits per heavy atom. The molecule has 0 fully saturated rings. The van der Waals surface area contributed by atoms with Gasteiger partial charge in [0.1, 0.15) is 12.1 Å². The third-order valence-corrected chi connectivity index (χ3v) is 3.92. The highest BCUT2D eigenvalue weighted by molar-refractivity contribution is 7.98. The lowest BCUT2D eigenvalue weighted by molar-refractivity contribution is 0.475. The topological polar surface area (TPSA) is 63.3 Å². The second-order valence-electron chi connectivity index (χ2n) is 4.57. The molecule has 1 heterocycles. The molecule has 3 rings (SSSR count). The summed E-state index contributed by atoms with van der Waals surface area (Å²) in [5.74, 6) is 1.02. The molecule has 2 aromatic carbocycles. The van der Waals surface area contributed by atoms with Crippen LogP contribution >= 0.6 is 11.8 Å². The zero-order valence-corrected chi connectivity index (χ0v) is 12.5. The van der Waals surface area contributed by atoms with Gasteiger partial charge in [0.25, 0.3) is 0 Å². The number of phenolic OH excluding ortho intramolecular Hbond substituents is 1. The molecule has 0 atom stereocenters. The van der Waals surface area contributed by atoms with Gasteiger partial charge in [-0.2, -0.15) is 9.78 Å². The van der Waals surface area contributed by atoms with Gasteiger partial charge in [0.2, 0.25) is 5.16 Å². The van der Waals surface area contributed by atoms with Gasteiger partial charge in [-0.05, 0) is 23.3 Å². The maximum absolute atomic E-state index is 9.44. The van der Waals surface area contributed by atoms with Gasteiger partial charge in [-0.3, -0.25) is 0 Å². The molecule has 110 valence electrons. The summed E-state index contributed by atoms with van der Waals surface area (Å²) < 4.78 is 1.62. The van der Waals surface area contributed by atoms with E-state index in [1.165, 1.54) is 5.56 Å². The highest BCUT2D eigenvalue weighted by Crippen LogP contribution is 2.20. The Morgan fingerprint density at radius 2 is 2.00 bits per heavy atom. The van der Waals surface area contributed by atoms with E-state index >= 15 is 0 Å². The van der Waals surface area contributed by atoms with Crippen LogP contribution in [0.4, 0.5) is 0 Å². The van der Waals surface area contributed by atoms with Gasteiger partial charge in [-0.15, -0.1) is 10.2 Å². The SMILES string of the molecule is Oc1cccc(/C=N/n2cnnc2SCc2ccccc2)c1. The lowest BCUT2D eigenvalue weighted by Gasteiger charge is -2.01. The molecule has 0 saturated carbocycles. The normalized spacial score (nSPS) is 11.1. The number of nitrogens with zero attached hydrogens (tertiary/aromatic N) is 4. The summed E-state index contributed by atoms with van der Waals surface area (Å²) in [6.07, 6.45) is 3.22. The first-order valence-electron chi connectivity index (χ1n) is 6.71. The minimum atomic E-state index is 0.214. The molecule has 0 spiro atoms. The summed E-state index contributed by atoms with van der Waals surface area (Å²) in [6.45, 7) is 0. The summed E-state index contributed by atoms with van der Waals surface area (Å²) in [6, 6.07) is 17.1. The van der Waals surface area contributed by atoms with E-state index in [-0.39, 0.29) is 5.75 Å². The van der Waals surface area contributed by atoms with Gasteiger partial charge in [0.05, 0.1) is 6.21 Å². The molecule has 6 heteroatoms. The highest BCUT2D eigenvalue weighted by atomic mass is 32.2. The van der Waals surface area contributed by atoms with Gasteiger partial charge in [-0.25, -0.2) is 0 Å². The van der Waals surface area contributed by atoms with Crippen molar-refractivity contribution in [1.29, 1.82) is 0 Å². The van der Waals surface area contributed by atoms with Crippen molar-refractivity contribution < 1.29 is 5.11 Å². The molecule has 0 aliphatic heterocycles. The predicted octanol–water partition coefficient (Wildman–Crippen LogP) is 3.16. The van der Waals surface area contributed by atoms with Crippen LogP contribution in [0.5, 0.6) is 5.75 Å². The molecule has 0 amide bonds. The largest absolute Gasteiger partial charge is 0.508 e. The van der Waals surface area contributed by atoms with Crippen LogP contribution in [-0.2, 0) is 5.75 Å². The number of hydrogen-bond acceptors (Lipinski definition) is 5. The summed E-state index contributed by atoms with van der Waals surface area (Å²) in [5.41, 5.74) is 2.03. The highest BCUT2D eigenvalue weighted by Gasteiger charge is 2.04. The molecular formula is C16H14N4OS. The number of phenols is 1. The van der Waals surface area contributed by atoms with E-state index < -0.39 is 0 Å². The fourth-order valence-electron chi connectivity index (χ4n) is 1.85. The van der Waals surface area contributed by atoms with Crippen LogP contribution in [0.2, 0.25) is 0 Å². The molecular weight excluding hydrogens is 296 g/mol. The van der Waals surface area contributed by atoms with Crippen LogP contribution in [0.1, 0.15) is 11.1 Å². The summed E-state index contributed by atoms with van der Waals surface area (Å²) in [5, 5.41) is 22.5. The van der Waals surface area contributed by atoms with Gasteiger partial charge < -0.3 is 5.11 Å². The number of benzene rings is 2. The number of hydrogen-bond donors (Lipinski definition) is 1. The van der Waals surface area contributed by atoms with E-state index in [1.54, 1.807) is 47.2 Å². The smallest absolute Gasteiger partial charge is 0.212 e. The number of rotatable bonds is 5. The van der Waals surface area contributed by atoms with Crippen molar-refractivity contribution in [3.8, 4) is 5.75 Å². The van der Waals surface area contributed by atoms with Crippen LogP contribution < -0.4 is 0 Å². The summed E-state index contributed by atoms with van der Waals surface area (Å²) in [7, 11) is 0. The van der Waals surface area contributed by atoms with E-state index in [0.29, 0.717) is 0 Å². The van der Waals surface area contributed by atoms with Crippen molar-refractivity contribution in [3.63, 3.8) is 0 Å². The van der Waals surface area contributed by atoms with E-state index in [2.05, 4.69) is 27.4 Å². The lowest BCUT2D eigenvalue weighted by atomic mass is 10.2. The molecule has 0 unspecified atom stereocenters. The lowest BCUT2D eigenvalue weighted by Crippen LogP contribution is -1.92. The average molecular weight is 310 g/mol. The Balaban J connectivity index is 1.69. The Hall–Kier alpha value is -2.60. The van der Waals surface area contributed by atoms with Crippen molar-refractivity contribution in [2.45, 2.75) is 10.9 Å². The molecule has 22 heavy (non-hydrogen) atoms. The van der Waals surface area contributed by atoms with Crippen molar-refractivity contribution in [1.82, 2.24) is 14.9 Å². The fourth-order valence-corrected chi connectivity index (χ4v) is 2.67. The standard InChI is InChI=1S/C16H14N4OS/c21-15-8-4-7-14(9-15)10-18-20-12-17-19-16(20)22-11-13-5-2-1-3-6-13/h1-10,12,21H,11H2/b18-10+. The van der Waals surface area contributed by atoms with Crippen LogP contribution in [0.15, 0.2) is 71.2 Å². The molecule has 0 aliphatic rings. The Labute approximate surface area is 132 Å². The number of aromatic nitrogens is 3. The molecule has 0 radical (unpaired) electrons. The van der Waals surface area contributed by atoms with Crippen molar-refractivity contribution in [3.05, 3.63) is 72.1 Å². The van der Waals surface area contributed by atoms with Gasteiger partial charge >= 0.3 is 0 Å². The van der Waals surface area contributed by atoms with E-state index in [0.717, 1.165) is 16.5 Å². The number of thioether (sulfide) groups is 1. The maximum Gasteiger partial charge on any atom is 0.212 e. The Bertz CT molecular complexity index is 771. The van der Waals surface area contributed by atoms with Crippen molar-refractivity contribution >= 4 is 18.0 Å². The summed E-state index contributed by atoms with van der Waals surface area (Å²) in [4.78, 5) is 0. The minimum Gasteiger partial charge on any atom is -0.508 e.